The minimum Gasteiger partial charge on any atom is -0.330 e. The van der Waals surface area contributed by atoms with E-state index in [1.807, 2.05) is 30.3 Å². The summed E-state index contributed by atoms with van der Waals surface area (Å²) in [6.07, 6.45) is 1.79. The van der Waals surface area contributed by atoms with E-state index in [1.165, 1.54) is 0 Å². The Morgan fingerprint density at radius 1 is 0.771 bits per heavy atom. The van der Waals surface area contributed by atoms with Gasteiger partial charge in [-0.2, -0.15) is 4.31 Å². The Labute approximate surface area is 212 Å². The number of sulfonamides is 1. The van der Waals surface area contributed by atoms with E-state index in [0.29, 0.717) is 18.0 Å². The maximum atomic E-state index is 13.8. The highest BCUT2D eigenvalue weighted by atomic mass is 32.2. The van der Waals surface area contributed by atoms with Crippen LogP contribution in [0.4, 0.5) is 0 Å². The number of hydrogen-bond acceptors (Lipinski definition) is 3. The molecule has 5 nitrogen and oxygen atoms in total. The Balaban J connectivity index is 1.76. The number of nitrogens with zero attached hydrogens (tertiary/aromatic N) is 3. The van der Waals surface area contributed by atoms with Gasteiger partial charge >= 0.3 is 0 Å². The molecule has 190 valence electrons. The van der Waals surface area contributed by atoms with E-state index in [0.717, 1.165) is 64.4 Å². The number of fused-ring (bicyclic) bond motifs is 1. The van der Waals surface area contributed by atoms with Gasteiger partial charge < -0.3 is 9.38 Å². The molecule has 0 aliphatic heterocycles. The molecule has 0 atom stereocenters. The van der Waals surface area contributed by atoms with E-state index >= 15 is 0 Å². The van der Waals surface area contributed by atoms with Crippen molar-refractivity contribution in [3.63, 3.8) is 0 Å². The van der Waals surface area contributed by atoms with Crippen LogP contribution >= 0.6 is 0 Å². The number of unbranched alkanes of at least 4 members (excludes halogenated alkanes) is 1. The van der Waals surface area contributed by atoms with Gasteiger partial charge in [-0.3, -0.25) is 0 Å². The van der Waals surface area contributed by atoms with Gasteiger partial charge in [-0.1, -0.05) is 59.7 Å². The molecule has 0 saturated heterocycles. The molecule has 0 aromatic heterocycles. The summed E-state index contributed by atoms with van der Waals surface area (Å²) in [5.41, 5.74) is 3.34. The molecular formula is C29H42N3O2S+. The molecule has 0 amide bonds. The molecule has 3 rings (SSSR count). The lowest BCUT2D eigenvalue weighted by Gasteiger charge is -2.27. The molecule has 0 unspecified atom stereocenters. The zero-order chi connectivity index (χ0) is 25.6. The first kappa shape index (κ1) is 27.3. The fourth-order valence-corrected chi connectivity index (χ4v) is 5.88. The highest BCUT2D eigenvalue weighted by Crippen LogP contribution is 2.24. The molecule has 3 aromatic rings. The molecule has 0 saturated carbocycles. The third-order valence-corrected chi connectivity index (χ3v) is 8.19. The zero-order valence-electron chi connectivity index (χ0n) is 22.3. The van der Waals surface area contributed by atoms with Crippen LogP contribution in [0.2, 0.25) is 0 Å². The second-order valence-electron chi connectivity index (χ2n) is 10.9. The van der Waals surface area contributed by atoms with Crippen LogP contribution in [0.5, 0.6) is 0 Å². The van der Waals surface area contributed by atoms with Crippen LogP contribution in [0.1, 0.15) is 29.5 Å². The van der Waals surface area contributed by atoms with Gasteiger partial charge in [0.05, 0.1) is 32.6 Å². The predicted molar refractivity (Wildman–Crippen MR) is 147 cm³/mol. The van der Waals surface area contributed by atoms with Crippen molar-refractivity contribution in [2.75, 3.05) is 54.4 Å². The Morgan fingerprint density at radius 2 is 1.40 bits per heavy atom. The summed E-state index contributed by atoms with van der Waals surface area (Å²) in [4.78, 5) is 2.70. The number of rotatable bonds is 12. The van der Waals surface area contributed by atoms with Crippen molar-refractivity contribution in [3.8, 4) is 0 Å². The molecule has 0 spiro atoms. The van der Waals surface area contributed by atoms with Crippen LogP contribution in [0, 0.1) is 13.8 Å². The molecule has 0 aliphatic carbocycles. The third kappa shape index (κ3) is 8.14. The molecule has 0 radical (unpaired) electrons. The molecule has 35 heavy (non-hydrogen) atoms. The number of benzene rings is 3. The highest BCUT2D eigenvalue weighted by Gasteiger charge is 2.25. The van der Waals surface area contributed by atoms with Crippen LogP contribution in [0.3, 0.4) is 0 Å². The van der Waals surface area contributed by atoms with E-state index < -0.39 is 10.0 Å². The number of quaternary nitrogens is 1. The van der Waals surface area contributed by atoms with Crippen molar-refractivity contribution in [1.82, 2.24) is 9.21 Å². The smallest absolute Gasteiger partial charge is 0.243 e. The molecule has 0 aliphatic rings. The average molecular weight is 497 g/mol. The molecule has 0 N–H and O–H groups in total. The van der Waals surface area contributed by atoms with Gasteiger partial charge in [0.1, 0.15) is 0 Å². The van der Waals surface area contributed by atoms with E-state index in [2.05, 4.69) is 65.1 Å². The van der Waals surface area contributed by atoms with Crippen LogP contribution in [0.15, 0.2) is 65.6 Å². The number of hydrogen-bond donors (Lipinski definition) is 0. The molecule has 6 heteroatoms. The van der Waals surface area contributed by atoms with E-state index in [4.69, 9.17) is 0 Å². The molecule has 0 fully saturated rings. The first-order valence-corrected chi connectivity index (χ1v) is 13.9. The Hall–Kier alpha value is -2.25. The summed E-state index contributed by atoms with van der Waals surface area (Å²) in [7, 11) is 5.13. The van der Waals surface area contributed by atoms with Crippen LogP contribution < -0.4 is 0 Å². The minimum absolute atomic E-state index is 0.362. The fraction of sp³-hybridized carbons (Fsp3) is 0.448. The molecule has 3 aromatic carbocycles. The number of aryl methyl sites for hydroxylation is 2. The Morgan fingerprint density at radius 3 is 2.06 bits per heavy atom. The zero-order valence-corrected chi connectivity index (χ0v) is 23.1. The first-order valence-electron chi connectivity index (χ1n) is 12.5. The van der Waals surface area contributed by atoms with Gasteiger partial charge in [0.2, 0.25) is 10.0 Å². The van der Waals surface area contributed by atoms with Crippen molar-refractivity contribution in [1.29, 1.82) is 0 Å². The molecular weight excluding hydrogens is 454 g/mol. The predicted octanol–water partition coefficient (Wildman–Crippen LogP) is 5.07. The fourth-order valence-electron chi connectivity index (χ4n) is 4.38. The topological polar surface area (TPSA) is 40.6 Å². The van der Waals surface area contributed by atoms with Crippen molar-refractivity contribution >= 4 is 20.8 Å². The summed E-state index contributed by atoms with van der Waals surface area (Å²) >= 11 is 0. The van der Waals surface area contributed by atoms with E-state index in [1.54, 1.807) is 16.4 Å². The van der Waals surface area contributed by atoms with Crippen LogP contribution in [-0.4, -0.2) is 76.5 Å². The van der Waals surface area contributed by atoms with Crippen molar-refractivity contribution < 1.29 is 12.9 Å². The summed E-state index contributed by atoms with van der Waals surface area (Å²) in [6, 6.07) is 19.6. The van der Waals surface area contributed by atoms with Gasteiger partial charge in [0.15, 0.2) is 0 Å². The first-order chi connectivity index (χ1) is 16.4. The summed E-state index contributed by atoms with van der Waals surface area (Å²) in [6.45, 7) is 8.10. The van der Waals surface area contributed by atoms with Crippen molar-refractivity contribution in [3.05, 3.63) is 77.4 Å². The van der Waals surface area contributed by atoms with Crippen LogP contribution in [-0.2, 0) is 16.6 Å². The largest absolute Gasteiger partial charge is 0.330 e. The lowest BCUT2D eigenvalue weighted by Crippen LogP contribution is -2.41. The minimum atomic E-state index is -3.63. The van der Waals surface area contributed by atoms with Gasteiger partial charge in [-0.25, -0.2) is 8.42 Å². The lowest BCUT2D eigenvalue weighted by atomic mass is 10.1. The second-order valence-corrected chi connectivity index (χ2v) is 12.8. The SMILES string of the molecule is Cc1cc(C)cc(CN(CCCCN(C)CC[N+](C)(C)C)S(=O)(=O)c2ccc3ccccc3c2)c1. The molecule has 0 bridgehead atoms. The third-order valence-electron chi connectivity index (χ3n) is 6.35. The van der Waals surface area contributed by atoms with Crippen molar-refractivity contribution in [2.24, 2.45) is 0 Å². The highest BCUT2D eigenvalue weighted by molar-refractivity contribution is 7.89. The molecule has 0 heterocycles. The van der Waals surface area contributed by atoms with Gasteiger partial charge in [-0.15, -0.1) is 0 Å². The quantitative estimate of drug-likeness (QED) is 0.260. The maximum absolute atomic E-state index is 13.8. The Bertz CT molecular complexity index is 1210. The normalized spacial score (nSPS) is 12.7. The van der Waals surface area contributed by atoms with Crippen LogP contribution in [0.25, 0.3) is 10.8 Å². The Kier molecular flexibility index (Phi) is 9.11. The van der Waals surface area contributed by atoms with Crippen molar-refractivity contribution in [2.45, 2.75) is 38.1 Å². The summed E-state index contributed by atoms with van der Waals surface area (Å²) in [5.74, 6) is 0. The summed E-state index contributed by atoms with van der Waals surface area (Å²) < 4.78 is 30.2. The van der Waals surface area contributed by atoms with Gasteiger partial charge in [-0.05, 0) is 68.8 Å². The lowest BCUT2D eigenvalue weighted by molar-refractivity contribution is -0.869. The maximum Gasteiger partial charge on any atom is 0.243 e. The van der Waals surface area contributed by atoms with Gasteiger partial charge in [0.25, 0.3) is 0 Å². The van der Waals surface area contributed by atoms with E-state index in [9.17, 15) is 8.42 Å². The second kappa shape index (κ2) is 11.7. The average Bonchev–Trinajstić information content (AvgIpc) is 2.78. The van der Waals surface area contributed by atoms with Gasteiger partial charge in [0, 0.05) is 19.6 Å². The standard InChI is InChI=1S/C29H42N3O2S/c1-24-19-25(2)21-26(20-24)23-31(16-10-9-15-30(3)17-18-32(4,5)6)35(33,34)29-14-13-27-11-7-8-12-28(27)22-29/h7-8,11-14,19-22H,9-10,15-18,23H2,1-6H3/q+1. The monoisotopic (exact) mass is 496 g/mol. The summed E-state index contributed by atoms with van der Waals surface area (Å²) in [5, 5.41) is 1.99. The number of likely N-dealkylation sites (N-methyl/N-ethyl adjacent to an activating group) is 2. The van der Waals surface area contributed by atoms with E-state index in [-0.39, 0.29) is 0 Å².